The van der Waals surface area contributed by atoms with Crippen molar-refractivity contribution >= 4 is 7.25 Å². The zero-order valence-electron chi connectivity index (χ0n) is 15.5. The fraction of sp³-hybridized carbons (Fsp3) is 0.263. The summed E-state index contributed by atoms with van der Waals surface area (Å²) in [7, 11) is -6.00. The van der Waals surface area contributed by atoms with E-state index in [1.54, 1.807) is 0 Å². The van der Waals surface area contributed by atoms with E-state index in [0.717, 1.165) is 12.1 Å². The van der Waals surface area contributed by atoms with Gasteiger partial charge >= 0.3 is 13.3 Å². The Bertz CT molecular complexity index is 908. The molecule has 9 heteroatoms. The molecule has 2 aromatic carbocycles. The summed E-state index contributed by atoms with van der Waals surface area (Å²) in [4.78, 5) is 0. The first-order chi connectivity index (χ1) is 13.1. The van der Waals surface area contributed by atoms with Crippen molar-refractivity contribution in [3.05, 3.63) is 72.6 Å². The Morgan fingerprint density at radius 3 is 2.11 bits per heavy atom. The molecule has 0 saturated carbocycles. The molecule has 0 fully saturated rings. The Morgan fingerprint density at radius 1 is 1.00 bits per heavy atom. The van der Waals surface area contributed by atoms with E-state index in [1.807, 2.05) is 47.4 Å². The first kappa shape index (κ1) is 19.9. The molecule has 0 spiro atoms. The van der Waals surface area contributed by atoms with Gasteiger partial charge in [-0.15, -0.1) is 0 Å². The fourth-order valence-electron chi connectivity index (χ4n) is 3.15. The molecule has 4 nitrogen and oxygen atoms in total. The van der Waals surface area contributed by atoms with Crippen LogP contribution in [-0.4, -0.2) is 22.6 Å². The zero-order valence-corrected chi connectivity index (χ0v) is 15.5. The quantitative estimate of drug-likeness (QED) is 0.375. The van der Waals surface area contributed by atoms with Gasteiger partial charge < -0.3 is 22.0 Å². The van der Waals surface area contributed by atoms with E-state index in [2.05, 4.69) is 47.8 Å². The summed E-state index contributed by atoms with van der Waals surface area (Å²) in [6.45, 7) is 4.25. The third-order valence-electron chi connectivity index (χ3n) is 4.43. The lowest BCUT2D eigenvalue weighted by Gasteiger charge is -2.23. The van der Waals surface area contributed by atoms with Gasteiger partial charge in [0, 0.05) is 6.42 Å². The smallest absolute Gasteiger partial charge is 0.429 e. The minimum Gasteiger partial charge on any atom is -0.429 e. The SMILES string of the molecule is CC1(C)Oc2nn(-c3ccccc3)c[n+]2[C@H]1Cc1ccccc1.F[B-](F)(F)F. The normalized spacial score (nSPS) is 17.3. The lowest BCUT2D eigenvalue weighted by atomic mass is 9.93. The van der Waals surface area contributed by atoms with Crippen LogP contribution in [0.5, 0.6) is 6.01 Å². The van der Waals surface area contributed by atoms with E-state index in [0.29, 0.717) is 6.01 Å². The average molecular weight is 393 g/mol. The first-order valence-corrected chi connectivity index (χ1v) is 8.80. The van der Waals surface area contributed by atoms with Crippen molar-refractivity contribution in [1.29, 1.82) is 0 Å². The third-order valence-corrected chi connectivity index (χ3v) is 4.43. The summed E-state index contributed by atoms with van der Waals surface area (Å²) in [6.07, 6.45) is 2.96. The topological polar surface area (TPSA) is 30.9 Å². The number of aromatic nitrogens is 3. The van der Waals surface area contributed by atoms with Crippen molar-refractivity contribution in [2.75, 3.05) is 0 Å². The largest absolute Gasteiger partial charge is 0.673 e. The minimum absolute atomic E-state index is 0.220. The number of para-hydroxylation sites is 1. The molecule has 0 bridgehead atoms. The highest BCUT2D eigenvalue weighted by atomic mass is 19.5. The van der Waals surface area contributed by atoms with Crippen molar-refractivity contribution in [3.8, 4) is 11.7 Å². The lowest BCUT2D eigenvalue weighted by Crippen LogP contribution is -2.45. The Hall–Kier alpha value is -2.84. The number of fused-ring (bicyclic) bond motifs is 1. The maximum atomic E-state index is 9.75. The Morgan fingerprint density at radius 2 is 1.54 bits per heavy atom. The van der Waals surface area contributed by atoms with Gasteiger partial charge in [0.1, 0.15) is 17.3 Å². The molecule has 148 valence electrons. The predicted octanol–water partition coefficient (Wildman–Crippen LogP) is 4.41. The molecule has 1 atom stereocenters. The standard InChI is InChI=1S/C19H20N3O.BF4/c1-19(2)17(13-15-9-5-3-6-10-15)21-14-22(20-18(21)23-19)16-11-7-4-8-12-16;2-1(3,4)5/h3-12,14,17H,13H2,1-2H3;/q+1;-1/t17-;/m0./s1. The molecule has 0 saturated heterocycles. The van der Waals surface area contributed by atoms with Gasteiger partial charge in [0.05, 0.1) is 5.10 Å². The van der Waals surface area contributed by atoms with Crippen molar-refractivity contribution in [2.24, 2.45) is 0 Å². The van der Waals surface area contributed by atoms with Gasteiger partial charge in [0.2, 0.25) is 6.33 Å². The van der Waals surface area contributed by atoms with Crippen LogP contribution in [0.2, 0.25) is 0 Å². The molecule has 0 radical (unpaired) electrons. The number of halogens is 4. The number of hydrogen-bond donors (Lipinski definition) is 0. The van der Waals surface area contributed by atoms with Gasteiger partial charge in [-0.2, -0.15) is 4.57 Å². The van der Waals surface area contributed by atoms with Crippen molar-refractivity contribution < 1.29 is 26.6 Å². The molecular formula is C19H20BF4N3O. The van der Waals surface area contributed by atoms with Crippen molar-refractivity contribution in [3.63, 3.8) is 0 Å². The monoisotopic (exact) mass is 393 g/mol. The van der Waals surface area contributed by atoms with Crippen LogP contribution in [0.1, 0.15) is 25.5 Å². The number of benzene rings is 2. The number of hydrogen-bond acceptors (Lipinski definition) is 2. The molecule has 0 unspecified atom stereocenters. The van der Waals surface area contributed by atoms with Gasteiger partial charge in [-0.05, 0) is 31.5 Å². The second kappa shape index (κ2) is 7.65. The molecular weight excluding hydrogens is 373 g/mol. The van der Waals surface area contributed by atoms with Crippen LogP contribution < -0.4 is 9.30 Å². The summed E-state index contributed by atoms with van der Waals surface area (Å²) in [5, 5.41) is 4.61. The molecule has 1 aliphatic heterocycles. The van der Waals surface area contributed by atoms with Crippen molar-refractivity contribution in [2.45, 2.75) is 31.9 Å². The summed E-state index contributed by atoms with van der Waals surface area (Å²) < 4.78 is 49.1. The highest BCUT2D eigenvalue weighted by Gasteiger charge is 2.47. The van der Waals surface area contributed by atoms with Crippen molar-refractivity contribution in [1.82, 2.24) is 9.78 Å². The second-order valence-electron chi connectivity index (χ2n) is 6.99. The minimum atomic E-state index is -6.00. The van der Waals surface area contributed by atoms with Crippen LogP contribution >= 0.6 is 0 Å². The summed E-state index contributed by atoms with van der Waals surface area (Å²) in [5.74, 6) is 0. The van der Waals surface area contributed by atoms with Gasteiger partial charge in [-0.25, -0.2) is 0 Å². The van der Waals surface area contributed by atoms with E-state index < -0.39 is 7.25 Å². The molecule has 28 heavy (non-hydrogen) atoms. The average Bonchev–Trinajstić information content (AvgIpc) is 3.11. The fourth-order valence-corrected chi connectivity index (χ4v) is 3.15. The predicted molar refractivity (Wildman–Crippen MR) is 97.8 cm³/mol. The van der Waals surface area contributed by atoms with E-state index in [9.17, 15) is 17.3 Å². The van der Waals surface area contributed by atoms with Crippen LogP contribution in [0.25, 0.3) is 5.69 Å². The van der Waals surface area contributed by atoms with E-state index >= 15 is 0 Å². The maximum Gasteiger partial charge on any atom is 0.673 e. The summed E-state index contributed by atoms with van der Waals surface area (Å²) >= 11 is 0. The highest BCUT2D eigenvalue weighted by Crippen LogP contribution is 2.33. The number of rotatable bonds is 3. The van der Waals surface area contributed by atoms with Crippen LogP contribution in [0.3, 0.4) is 0 Å². The van der Waals surface area contributed by atoms with Crippen LogP contribution in [-0.2, 0) is 6.42 Å². The van der Waals surface area contributed by atoms with Gasteiger partial charge in [-0.3, -0.25) is 0 Å². The Kier molecular flexibility index (Phi) is 5.44. The van der Waals surface area contributed by atoms with Gasteiger partial charge in [0.15, 0.2) is 0 Å². The molecule has 1 aromatic heterocycles. The Labute approximate surface area is 160 Å². The summed E-state index contributed by atoms with van der Waals surface area (Å²) in [5.41, 5.74) is 2.07. The summed E-state index contributed by atoms with van der Waals surface area (Å²) in [6, 6.07) is 21.5. The van der Waals surface area contributed by atoms with Gasteiger partial charge in [-0.1, -0.05) is 53.2 Å². The maximum absolute atomic E-state index is 9.75. The molecule has 0 aliphatic carbocycles. The molecule has 0 N–H and O–H groups in total. The molecule has 3 aromatic rings. The zero-order chi connectivity index (χ0) is 20.4. The highest BCUT2D eigenvalue weighted by molar-refractivity contribution is 6.50. The molecule has 2 heterocycles. The van der Waals surface area contributed by atoms with E-state index in [-0.39, 0.29) is 11.6 Å². The van der Waals surface area contributed by atoms with Crippen LogP contribution in [0, 0.1) is 0 Å². The molecule has 1 aliphatic rings. The van der Waals surface area contributed by atoms with Crippen LogP contribution in [0.15, 0.2) is 67.0 Å². The first-order valence-electron chi connectivity index (χ1n) is 8.80. The van der Waals surface area contributed by atoms with Gasteiger partial charge in [0.25, 0.3) is 0 Å². The molecule has 0 amide bonds. The van der Waals surface area contributed by atoms with Crippen LogP contribution in [0.4, 0.5) is 17.3 Å². The van der Waals surface area contributed by atoms with E-state index in [4.69, 9.17) is 4.74 Å². The number of ether oxygens (including phenoxy) is 1. The molecule has 4 rings (SSSR count). The number of nitrogens with zero attached hydrogens (tertiary/aromatic N) is 3. The third kappa shape index (κ3) is 4.91. The van der Waals surface area contributed by atoms with E-state index in [1.165, 1.54) is 5.56 Å². The lowest BCUT2D eigenvalue weighted by molar-refractivity contribution is -0.710. The second-order valence-corrected chi connectivity index (χ2v) is 6.99. The Balaban J connectivity index is 0.000000403.